The van der Waals surface area contributed by atoms with Crippen LogP contribution in [0.15, 0.2) is 42.7 Å². The molecular weight excluding hydrogens is 242 g/mol. The first-order valence-electron chi connectivity index (χ1n) is 5.71. The Kier molecular flexibility index (Phi) is 3.93. The molecule has 2 aromatic rings. The summed E-state index contributed by atoms with van der Waals surface area (Å²) in [5.41, 5.74) is 1.72. The second-order valence-electron chi connectivity index (χ2n) is 3.85. The van der Waals surface area contributed by atoms with Crippen molar-refractivity contribution < 1.29 is 14.6 Å². The maximum atomic E-state index is 11.6. The molecule has 0 atom stereocenters. The molecule has 4 nitrogen and oxygen atoms in total. The van der Waals surface area contributed by atoms with Crippen molar-refractivity contribution in [2.45, 2.75) is 0 Å². The van der Waals surface area contributed by atoms with Crippen molar-refractivity contribution in [2.75, 3.05) is 7.11 Å². The second kappa shape index (κ2) is 5.82. The topological polar surface area (TPSA) is 59.4 Å². The lowest BCUT2D eigenvalue weighted by atomic mass is 10.0. The molecule has 0 bridgehead atoms. The number of pyridine rings is 1. The van der Waals surface area contributed by atoms with Gasteiger partial charge in [0, 0.05) is 12.4 Å². The highest BCUT2D eigenvalue weighted by Gasteiger charge is 2.14. The van der Waals surface area contributed by atoms with Crippen LogP contribution in [0.25, 0.3) is 12.2 Å². The highest BCUT2D eigenvalue weighted by atomic mass is 16.5. The SMILES string of the molecule is COC(=O)c1c(O)cccc1C=Cc1ccncc1. The molecule has 19 heavy (non-hydrogen) atoms. The molecule has 0 radical (unpaired) electrons. The fourth-order valence-electron chi connectivity index (χ4n) is 1.68. The number of phenolic OH excluding ortho intramolecular Hbond substituents is 1. The standard InChI is InChI=1S/C15H13NO3/c1-19-15(18)14-12(3-2-4-13(14)17)6-5-11-7-9-16-10-8-11/h2-10,17H,1H3. The van der Waals surface area contributed by atoms with Gasteiger partial charge in [-0.2, -0.15) is 0 Å². The van der Waals surface area contributed by atoms with E-state index < -0.39 is 5.97 Å². The first-order chi connectivity index (χ1) is 9.22. The number of ether oxygens (including phenoxy) is 1. The number of phenols is 1. The van der Waals surface area contributed by atoms with Gasteiger partial charge in [-0.1, -0.05) is 24.3 Å². The molecule has 2 rings (SSSR count). The predicted molar refractivity (Wildman–Crippen MR) is 72.6 cm³/mol. The summed E-state index contributed by atoms with van der Waals surface area (Å²) in [5, 5.41) is 9.75. The zero-order chi connectivity index (χ0) is 13.7. The van der Waals surface area contributed by atoms with Gasteiger partial charge in [-0.15, -0.1) is 0 Å². The van der Waals surface area contributed by atoms with E-state index in [0.717, 1.165) is 5.56 Å². The van der Waals surface area contributed by atoms with Crippen LogP contribution < -0.4 is 0 Å². The Morgan fingerprint density at radius 1 is 1.21 bits per heavy atom. The molecule has 4 heteroatoms. The molecule has 0 saturated carbocycles. The quantitative estimate of drug-likeness (QED) is 0.857. The normalized spacial score (nSPS) is 10.6. The van der Waals surface area contributed by atoms with Crippen molar-refractivity contribution in [3.05, 3.63) is 59.4 Å². The Morgan fingerprint density at radius 3 is 2.63 bits per heavy atom. The zero-order valence-corrected chi connectivity index (χ0v) is 10.4. The number of carbonyl (C=O) groups excluding carboxylic acids is 1. The number of nitrogens with zero attached hydrogens (tertiary/aromatic N) is 1. The number of hydrogen-bond acceptors (Lipinski definition) is 4. The molecule has 0 fully saturated rings. The molecule has 96 valence electrons. The third kappa shape index (κ3) is 2.98. The van der Waals surface area contributed by atoms with Gasteiger partial charge in [-0.05, 0) is 29.3 Å². The largest absolute Gasteiger partial charge is 0.507 e. The van der Waals surface area contributed by atoms with Gasteiger partial charge in [-0.25, -0.2) is 4.79 Å². The number of hydrogen-bond donors (Lipinski definition) is 1. The van der Waals surface area contributed by atoms with Crippen molar-refractivity contribution in [2.24, 2.45) is 0 Å². The summed E-state index contributed by atoms with van der Waals surface area (Å²) in [5.74, 6) is -0.656. The minimum Gasteiger partial charge on any atom is -0.507 e. The second-order valence-corrected chi connectivity index (χ2v) is 3.85. The summed E-state index contributed by atoms with van der Waals surface area (Å²) in [7, 11) is 1.28. The fourth-order valence-corrected chi connectivity index (χ4v) is 1.68. The van der Waals surface area contributed by atoms with Crippen LogP contribution in [-0.4, -0.2) is 23.2 Å². The van der Waals surface area contributed by atoms with E-state index in [1.54, 1.807) is 30.6 Å². The van der Waals surface area contributed by atoms with Crippen LogP contribution in [0.4, 0.5) is 0 Å². The van der Waals surface area contributed by atoms with Gasteiger partial charge in [0.25, 0.3) is 0 Å². The maximum Gasteiger partial charge on any atom is 0.342 e. The van der Waals surface area contributed by atoms with Crippen molar-refractivity contribution >= 4 is 18.1 Å². The average molecular weight is 255 g/mol. The van der Waals surface area contributed by atoms with E-state index in [0.29, 0.717) is 5.56 Å². The maximum absolute atomic E-state index is 11.6. The summed E-state index contributed by atoms with van der Waals surface area (Å²) in [4.78, 5) is 15.6. The van der Waals surface area contributed by atoms with Crippen molar-refractivity contribution in [3.8, 4) is 5.75 Å². The van der Waals surface area contributed by atoms with Crippen LogP contribution in [0.2, 0.25) is 0 Å². The minimum atomic E-state index is -0.563. The van der Waals surface area contributed by atoms with E-state index >= 15 is 0 Å². The number of benzene rings is 1. The van der Waals surface area contributed by atoms with Gasteiger partial charge >= 0.3 is 5.97 Å². The Balaban J connectivity index is 2.38. The molecular formula is C15H13NO3. The fraction of sp³-hybridized carbons (Fsp3) is 0.0667. The van der Waals surface area contributed by atoms with Gasteiger partial charge < -0.3 is 9.84 Å². The van der Waals surface area contributed by atoms with Crippen molar-refractivity contribution in [3.63, 3.8) is 0 Å². The Morgan fingerprint density at radius 2 is 1.95 bits per heavy atom. The monoisotopic (exact) mass is 255 g/mol. The first kappa shape index (κ1) is 12.8. The molecule has 1 N–H and O–H groups in total. The van der Waals surface area contributed by atoms with Crippen molar-refractivity contribution in [1.29, 1.82) is 0 Å². The molecule has 0 saturated heterocycles. The minimum absolute atomic E-state index is 0.0938. The Bertz CT molecular complexity index is 606. The molecule has 0 aliphatic carbocycles. The summed E-state index contributed by atoms with van der Waals surface area (Å²) in [6.07, 6.45) is 6.96. The van der Waals surface area contributed by atoms with E-state index in [1.807, 2.05) is 18.2 Å². The highest BCUT2D eigenvalue weighted by molar-refractivity contribution is 5.97. The van der Waals surface area contributed by atoms with Gasteiger partial charge in [-0.3, -0.25) is 4.98 Å². The Labute approximate surface area is 111 Å². The van der Waals surface area contributed by atoms with Crippen molar-refractivity contribution in [1.82, 2.24) is 4.98 Å². The number of esters is 1. The molecule has 0 unspecified atom stereocenters. The average Bonchev–Trinajstić information content (AvgIpc) is 2.45. The van der Waals surface area contributed by atoms with E-state index in [4.69, 9.17) is 0 Å². The molecule has 0 aliphatic heterocycles. The summed E-state index contributed by atoms with van der Waals surface area (Å²) in [6.45, 7) is 0. The van der Waals surface area contributed by atoms with Gasteiger partial charge in [0.2, 0.25) is 0 Å². The lowest BCUT2D eigenvalue weighted by Crippen LogP contribution is -2.03. The summed E-state index contributed by atoms with van der Waals surface area (Å²) in [6, 6.07) is 8.56. The third-order valence-corrected chi connectivity index (χ3v) is 2.63. The van der Waals surface area contributed by atoms with Crippen LogP contribution in [0.3, 0.4) is 0 Å². The third-order valence-electron chi connectivity index (χ3n) is 2.63. The van der Waals surface area contributed by atoms with Crippen LogP contribution in [0.1, 0.15) is 21.5 Å². The van der Waals surface area contributed by atoms with E-state index in [9.17, 15) is 9.90 Å². The summed E-state index contributed by atoms with van der Waals surface area (Å²) < 4.78 is 4.67. The van der Waals surface area contributed by atoms with Crippen LogP contribution in [-0.2, 0) is 4.74 Å². The predicted octanol–water partition coefficient (Wildman–Crippen LogP) is 2.74. The van der Waals surface area contributed by atoms with Gasteiger partial charge in [0.1, 0.15) is 11.3 Å². The number of carbonyl (C=O) groups is 1. The van der Waals surface area contributed by atoms with Gasteiger partial charge in [0.05, 0.1) is 7.11 Å². The lowest BCUT2D eigenvalue weighted by Gasteiger charge is -2.06. The van der Waals surface area contributed by atoms with E-state index in [-0.39, 0.29) is 11.3 Å². The van der Waals surface area contributed by atoms with E-state index in [1.165, 1.54) is 13.2 Å². The number of aromatic hydroxyl groups is 1. The number of rotatable bonds is 3. The van der Waals surface area contributed by atoms with Crippen LogP contribution in [0.5, 0.6) is 5.75 Å². The molecule has 0 amide bonds. The van der Waals surface area contributed by atoms with Gasteiger partial charge in [0.15, 0.2) is 0 Å². The van der Waals surface area contributed by atoms with E-state index in [2.05, 4.69) is 9.72 Å². The van der Waals surface area contributed by atoms with Crippen LogP contribution in [0, 0.1) is 0 Å². The first-order valence-corrected chi connectivity index (χ1v) is 5.71. The highest BCUT2D eigenvalue weighted by Crippen LogP contribution is 2.23. The van der Waals surface area contributed by atoms with Crippen LogP contribution >= 0.6 is 0 Å². The molecule has 0 spiro atoms. The smallest absolute Gasteiger partial charge is 0.342 e. The number of methoxy groups -OCH3 is 1. The molecule has 0 aliphatic rings. The number of aromatic nitrogens is 1. The molecule has 1 aromatic carbocycles. The summed E-state index contributed by atoms with van der Waals surface area (Å²) >= 11 is 0. The molecule has 1 heterocycles. The Hall–Kier alpha value is -2.62. The molecule has 1 aromatic heterocycles. The zero-order valence-electron chi connectivity index (χ0n) is 10.4. The lowest BCUT2D eigenvalue weighted by molar-refractivity contribution is 0.0597.